The number of rotatable bonds is 7. The van der Waals surface area contributed by atoms with Crippen LogP contribution in [-0.4, -0.2) is 35.3 Å². The smallest absolute Gasteiger partial charge is 0.255 e. The quantitative estimate of drug-likeness (QED) is 0.470. The van der Waals surface area contributed by atoms with Crippen molar-refractivity contribution in [2.75, 3.05) is 14.2 Å². The maximum atomic E-state index is 13.9. The van der Waals surface area contributed by atoms with Crippen molar-refractivity contribution >= 4 is 29.0 Å². The number of amides is 1. The third-order valence-corrected chi connectivity index (χ3v) is 4.65. The number of ether oxygens (including phenoxy) is 2. The van der Waals surface area contributed by atoms with Crippen LogP contribution >= 0.6 is 0 Å². The predicted molar refractivity (Wildman–Crippen MR) is 112 cm³/mol. The molecule has 0 saturated carbocycles. The summed E-state index contributed by atoms with van der Waals surface area (Å²) < 4.78 is 29.6. The summed E-state index contributed by atoms with van der Waals surface area (Å²) in [6.07, 6.45) is 6.38. The Kier molecular flexibility index (Phi) is 5.65. The monoisotopic (exact) mass is 422 g/mol. The Morgan fingerprint density at radius 3 is 2.81 bits per heavy atom. The molecule has 0 fully saturated rings. The van der Waals surface area contributed by atoms with Crippen LogP contribution < -0.4 is 14.8 Å². The van der Waals surface area contributed by atoms with Crippen LogP contribution in [0.5, 0.6) is 11.5 Å². The minimum absolute atomic E-state index is 0.147. The first-order valence-corrected chi connectivity index (χ1v) is 9.34. The maximum Gasteiger partial charge on any atom is 0.255 e. The number of nitrogens with one attached hydrogen (secondary N) is 2. The number of nitrogens with zero attached hydrogens (tertiary/aromatic N) is 2. The van der Waals surface area contributed by atoms with Gasteiger partial charge in [0.25, 0.3) is 5.91 Å². The summed E-state index contributed by atoms with van der Waals surface area (Å²) in [4.78, 5) is 16.7. The Morgan fingerprint density at radius 2 is 2.10 bits per heavy atom. The van der Waals surface area contributed by atoms with Crippen LogP contribution in [0.15, 0.2) is 47.2 Å². The summed E-state index contributed by atoms with van der Waals surface area (Å²) in [5.74, 6) is 0.137. The van der Waals surface area contributed by atoms with E-state index in [1.165, 1.54) is 32.7 Å². The molecule has 0 unspecified atom stereocenters. The van der Waals surface area contributed by atoms with E-state index in [9.17, 15) is 9.18 Å². The summed E-state index contributed by atoms with van der Waals surface area (Å²) in [5.41, 5.74) is 2.22. The van der Waals surface area contributed by atoms with Gasteiger partial charge in [-0.15, -0.1) is 0 Å². The van der Waals surface area contributed by atoms with E-state index in [2.05, 4.69) is 20.5 Å². The number of fused-ring (bicyclic) bond motifs is 1. The first-order chi connectivity index (χ1) is 15.1. The van der Waals surface area contributed by atoms with Gasteiger partial charge in [0.05, 0.1) is 49.1 Å². The molecule has 0 aliphatic heterocycles. The number of H-pyrrole nitrogens is 1. The molecular weight excluding hydrogens is 403 g/mol. The van der Waals surface area contributed by atoms with Gasteiger partial charge in [-0.2, -0.15) is 5.10 Å². The molecule has 31 heavy (non-hydrogen) atoms. The number of hydrogen-bond acceptors (Lipinski definition) is 6. The standard InChI is InChI=1S/C22H19FN4O4/c1-29-18-8-4-13(11-15(18)23)3-6-16-20-17(27-26-16)7-5-14(21(20)30-2)22(28)25-12-19-24-9-10-31-19/h3-11H,12H2,1-2H3,(H,25,28)(H,26,27). The second-order valence-electron chi connectivity index (χ2n) is 6.51. The average Bonchev–Trinajstić information content (AvgIpc) is 3.45. The normalized spacial score (nSPS) is 11.2. The lowest BCUT2D eigenvalue weighted by Gasteiger charge is -2.10. The minimum Gasteiger partial charge on any atom is -0.495 e. The molecule has 0 aliphatic rings. The van der Waals surface area contributed by atoms with Crippen LogP contribution in [0.25, 0.3) is 23.1 Å². The summed E-state index contributed by atoms with van der Waals surface area (Å²) in [6, 6.07) is 8.04. The Hall–Kier alpha value is -4.14. The third kappa shape index (κ3) is 4.11. The van der Waals surface area contributed by atoms with Crippen molar-refractivity contribution < 1.29 is 23.1 Å². The van der Waals surface area contributed by atoms with Crippen LogP contribution in [0.3, 0.4) is 0 Å². The Balaban J connectivity index is 1.65. The molecule has 0 bridgehead atoms. The second-order valence-corrected chi connectivity index (χ2v) is 6.51. The van der Waals surface area contributed by atoms with E-state index in [4.69, 9.17) is 13.9 Å². The van der Waals surface area contributed by atoms with E-state index in [1.807, 2.05) is 0 Å². The molecule has 0 radical (unpaired) electrons. The van der Waals surface area contributed by atoms with Crippen molar-refractivity contribution in [2.24, 2.45) is 0 Å². The molecule has 9 heteroatoms. The number of oxazole rings is 1. The molecule has 2 N–H and O–H groups in total. The van der Waals surface area contributed by atoms with Crippen molar-refractivity contribution in [2.45, 2.75) is 6.54 Å². The number of benzene rings is 2. The van der Waals surface area contributed by atoms with Crippen molar-refractivity contribution in [3.8, 4) is 11.5 Å². The van der Waals surface area contributed by atoms with Crippen molar-refractivity contribution in [1.29, 1.82) is 0 Å². The van der Waals surface area contributed by atoms with Gasteiger partial charge in [0.1, 0.15) is 12.0 Å². The first-order valence-electron chi connectivity index (χ1n) is 9.34. The van der Waals surface area contributed by atoms with Gasteiger partial charge < -0.3 is 19.2 Å². The third-order valence-electron chi connectivity index (χ3n) is 4.65. The molecule has 0 atom stereocenters. The van der Waals surface area contributed by atoms with Gasteiger partial charge in [-0.1, -0.05) is 12.1 Å². The van der Waals surface area contributed by atoms with Crippen molar-refractivity contribution in [3.05, 3.63) is 71.3 Å². The van der Waals surface area contributed by atoms with Gasteiger partial charge >= 0.3 is 0 Å². The second kappa shape index (κ2) is 8.70. The molecule has 1 amide bonds. The number of carbonyl (C=O) groups is 1. The van der Waals surface area contributed by atoms with Crippen LogP contribution in [0.4, 0.5) is 4.39 Å². The van der Waals surface area contributed by atoms with Crippen LogP contribution in [0.2, 0.25) is 0 Å². The zero-order chi connectivity index (χ0) is 21.8. The highest BCUT2D eigenvalue weighted by molar-refractivity contribution is 6.05. The number of methoxy groups -OCH3 is 2. The lowest BCUT2D eigenvalue weighted by atomic mass is 10.1. The molecule has 4 aromatic rings. The first kappa shape index (κ1) is 20.1. The minimum atomic E-state index is -0.459. The Bertz CT molecular complexity index is 1250. The Labute approximate surface area is 176 Å². The maximum absolute atomic E-state index is 13.9. The fourth-order valence-corrected chi connectivity index (χ4v) is 3.17. The van der Waals surface area contributed by atoms with E-state index >= 15 is 0 Å². The number of aromatic nitrogens is 3. The summed E-state index contributed by atoms with van der Waals surface area (Å²) >= 11 is 0. The van der Waals surface area contributed by atoms with E-state index in [1.54, 1.807) is 36.4 Å². The fourth-order valence-electron chi connectivity index (χ4n) is 3.17. The van der Waals surface area contributed by atoms with E-state index in [0.29, 0.717) is 39.4 Å². The van der Waals surface area contributed by atoms with Gasteiger partial charge in [0, 0.05) is 0 Å². The fraction of sp³-hybridized carbons (Fsp3) is 0.136. The molecule has 2 aromatic carbocycles. The van der Waals surface area contributed by atoms with Gasteiger partial charge in [-0.3, -0.25) is 9.89 Å². The summed E-state index contributed by atoms with van der Waals surface area (Å²) in [5, 5.41) is 10.6. The van der Waals surface area contributed by atoms with Crippen LogP contribution in [0, 0.1) is 5.82 Å². The zero-order valence-electron chi connectivity index (χ0n) is 16.8. The average molecular weight is 422 g/mol. The van der Waals surface area contributed by atoms with Gasteiger partial charge in [-0.05, 0) is 35.9 Å². The summed E-state index contributed by atoms with van der Waals surface area (Å²) in [6.45, 7) is 0.147. The highest BCUT2D eigenvalue weighted by Crippen LogP contribution is 2.32. The molecule has 0 spiro atoms. The predicted octanol–water partition coefficient (Wildman–Crippen LogP) is 3.81. The lowest BCUT2D eigenvalue weighted by molar-refractivity contribution is 0.0944. The number of halogens is 1. The largest absolute Gasteiger partial charge is 0.495 e. The number of carbonyl (C=O) groups excluding carboxylic acids is 1. The molecule has 8 nitrogen and oxygen atoms in total. The van der Waals surface area contributed by atoms with Gasteiger partial charge in [-0.25, -0.2) is 9.37 Å². The van der Waals surface area contributed by atoms with Gasteiger partial charge in [0.15, 0.2) is 11.6 Å². The van der Waals surface area contributed by atoms with Crippen LogP contribution in [0.1, 0.15) is 27.5 Å². The van der Waals surface area contributed by atoms with Crippen molar-refractivity contribution in [3.63, 3.8) is 0 Å². The van der Waals surface area contributed by atoms with Crippen LogP contribution in [-0.2, 0) is 6.54 Å². The summed E-state index contributed by atoms with van der Waals surface area (Å²) in [7, 11) is 2.90. The molecule has 0 aliphatic carbocycles. The molecule has 0 saturated heterocycles. The topological polar surface area (TPSA) is 102 Å². The molecule has 158 valence electrons. The number of aromatic amines is 1. The Morgan fingerprint density at radius 1 is 1.23 bits per heavy atom. The molecule has 2 heterocycles. The highest BCUT2D eigenvalue weighted by atomic mass is 19.1. The molecule has 2 aromatic heterocycles. The van der Waals surface area contributed by atoms with E-state index in [0.717, 1.165) is 0 Å². The molecule has 4 rings (SSSR count). The zero-order valence-corrected chi connectivity index (χ0v) is 16.8. The van der Waals surface area contributed by atoms with Crippen molar-refractivity contribution in [1.82, 2.24) is 20.5 Å². The van der Waals surface area contributed by atoms with E-state index in [-0.39, 0.29) is 18.2 Å². The van der Waals surface area contributed by atoms with E-state index < -0.39 is 5.82 Å². The SMILES string of the molecule is COc1ccc(C=Cc2n[nH]c3ccc(C(=O)NCc4ncco4)c(OC)c23)cc1F. The molecular formula is C22H19FN4O4. The lowest BCUT2D eigenvalue weighted by Crippen LogP contribution is -2.23. The van der Waals surface area contributed by atoms with Gasteiger partial charge in [0.2, 0.25) is 5.89 Å². The number of hydrogen-bond donors (Lipinski definition) is 2. The highest BCUT2D eigenvalue weighted by Gasteiger charge is 2.19.